The van der Waals surface area contributed by atoms with Crippen LogP contribution in [0.4, 0.5) is 0 Å². The quantitative estimate of drug-likeness (QED) is 0.146. The summed E-state index contributed by atoms with van der Waals surface area (Å²) in [7, 11) is 0. The molecule has 0 rings (SSSR count). The third-order valence-electron chi connectivity index (χ3n) is 4.14. The number of aliphatic carboxylic acids is 1. The summed E-state index contributed by atoms with van der Waals surface area (Å²) in [6.45, 7) is 4.90. The average molecular weight is 444 g/mol. The van der Waals surface area contributed by atoms with Crippen molar-refractivity contribution >= 4 is 35.5 Å². The van der Waals surface area contributed by atoms with Gasteiger partial charge >= 0.3 is 5.97 Å². The molecule has 0 fully saturated rings. The largest absolute Gasteiger partial charge is 0.480 e. The number of hydrogen-bond donors (Lipinski definition) is 7. The minimum atomic E-state index is -1.50. The van der Waals surface area contributed by atoms with Crippen LogP contribution in [-0.2, 0) is 28.8 Å². The van der Waals surface area contributed by atoms with Crippen molar-refractivity contribution in [3.8, 4) is 0 Å². The van der Waals surface area contributed by atoms with Crippen LogP contribution in [-0.4, -0.2) is 64.8 Å². The second kappa shape index (κ2) is 13.2. The Morgan fingerprint density at radius 2 is 1.32 bits per heavy atom. The Morgan fingerprint density at radius 3 is 1.77 bits per heavy atom. The Balaban J connectivity index is 5.43. The summed E-state index contributed by atoms with van der Waals surface area (Å²) >= 11 is 0. The molecule has 176 valence electrons. The molecular weight excluding hydrogens is 412 g/mol. The zero-order valence-electron chi connectivity index (χ0n) is 17.8. The Bertz CT molecular complexity index is 697. The van der Waals surface area contributed by atoms with Gasteiger partial charge in [0.05, 0.1) is 12.5 Å². The molecule has 0 saturated heterocycles. The topological polar surface area (TPSA) is 237 Å². The fourth-order valence-corrected chi connectivity index (χ4v) is 2.51. The highest BCUT2D eigenvalue weighted by Gasteiger charge is 2.30. The first-order valence-electron chi connectivity index (χ1n) is 9.70. The van der Waals surface area contributed by atoms with Crippen LogP contribution in [0.2, 0.25) is 0 Å². The molecule has 0 aromatic rings. The van der Waals surface area contributed by atoms with Crippen molar-refractivity contribution in [2.75, 3.05) is 0 Å². The van der Waals surface area contributed by atoms with Crippen LogP contribution >= 0.6 is 0 Å². The molecule has 0 spiro atoms. The highest BCUT2D eigenvalue weighted by molar-refractivity contribution is 5.96. The third-order valence-corrected chi connectivity index (χ3v) is 4.14. The first kappa shape index (κ1) is 27.8. The summed E-state index contributed by atoms with van der Waals surface area (Å²) in [5, 5.41) is 15.7. The predicted octanol–water partition coefficient (Wildman–Crippen LogP) is -2.94. The van der Waals surface area contributed by atoms with Gasteiger partial charge in [0.1, 0.15) is 18.1 Å². The molecule has 0 radical (unpaired) electrons. The molecule has 0 saturated carbocycles. The number of primary amides is 2. The minimum absolute atomic E-state index is 0.110. The second-order valence-electron chi connectivity index (χ2n) is 7.60. The first-order chi connectivity index (χ1) is 14.2. The monoisotopic (exact) mass is 444 g/mol. The lowest BCUT2D eigenvalue weighted by molar-refractivity contribution is -0.142. The average Bonchev–Trinajstić information content (AvgIpc) is 2.62. The molecule has 13 nitrogen and oxygen atoms in total. The van der Waals surface area contributed by atoms with Gasteiger partial charge in [0, 0.05) is 6.42 Å². The van der Waals surface area contributed by atoms with Crippen LogP contribution in [0.5, 0.6) is 0 Å². The Labute approximate surface area is 179 Å². The molecule has 0 aliphatic carbocycles. The van der Waals surface area contributed by atoms with Gasteiger partial charge in [0.2, 0.25) is 29.5 Å². The molecule has 0 aliphatic rings. The van der Waals surface area contributed by atoms with E-state index in [2.05, 4.69) is 16.0 Å². The number of carboxylic acid groups (broad SMARTS) is 1. The molecule has 5 amide bonds. The number of carbonyl (C=O) groups is 6. The smallest absolute Gasteiger partial charge is 0.325 e. The summed E-state index contributed by atoms with van der Waals surface area (Å²) in [6, 6.07) is -4.98. The van der Waals surface area contributed by atoms with E-state index in [0.717, 1.165) is 0 Å². The molecule has 0 heterocycles. The van der Waals surface area contributed by atoms with Crippen molar-refractivity contribution in [1.82, 2.24) is 16.0 Å². The Kier molecular flexibility index (Phi) is 11.8. The summed E-state index contributed by atoms with van der Waals surface area (Å²) in [5.41, 5.74) is 16.0. The van der Waals surface area contributed by atoms with E-state index in [9.17, 15) is 28.8 Å². The standard InChI is InChI=1S/C18H32N6O7/c1-8(2)6-10(19)15(27)23-11(4-5-13(20)25)16(28)24-12(7-14(21)26)17(29)22-9(3)18(30)31/h8-12H,4-7,19H2,1-3H3,(H2,20,25)(H2,21,26)(H,22,29)(H,23,27)(H,24,28)(H,30,31). The molecule has 0 aliphatic heterocycles. The molecule has 31 heavy (non-hydrogen) atoms. The maximum Gasteiger partial charge on any atom is 0.325 e. The van der Waals surface area contributed by atoms with E-state index in [1.807, 2.05) is 13.8 Å². The fourth-order valence-electron chi connectivity index (χ4n) is 2.51. The van der Waals surface area contributed by atoms with Gasteiger partial charge in [-0.3, -0.25) is 28.8 Å². The van der Waals surface area contributed by atoms with E-state index in [4.69, 9.17) is 22.3 Å². The highest BCUT2D eigenvalue weighted by Crippen LogP contribution is 2.05. The summed E-state index contributed by atoms with van der Waals surface area (Å²) in [4.78, 5) is 70.6. The van der Waals surface area contributed by atoms with Crippen LogP contribution in [0.1, 0.15) is 46.5 Å². The van der Waals surface area contributed by atoms with Crippen LogP contribution in [0.3, 0.4) is 0 Å². The lowest BCUT2D eigenvalue weighted by Gasteiger charge is -2.24. The minimum Gasteiger partial charge on any atom is -0.480 e. The molecule has 0 bridgehead atoms. The number of carboxylic acids is 1. The molecule has 0 aromatic heterocycles. The van der Waals surface area contributed by atoms with Crippen molar-refractivity contribution in [3.05, 3.63) is 0 Å². The zero-order valence-corrected chi connectivity index (χ0v) is 17.8. The van der Waals surface area contributed by atoms with Gasteiger partial charge in [-0.15, -0.1) is 0 Å². The van der Waals surface area contributed by atoms with E-state index in [1.165, 1.54) is 6.92 Å². The van der Waals surface area contributed by atoms with Crippen LogP contribution < -0.4 is 33.2 Å². The van der Waals surface area contributed by atoms with Gasteiger partial charge in [-0.25, -0.2) is 0 Å². The van der Waals surface area contributed by atoms with Gasteiger partial charge in [-0.2, -0.15) is 0 Å². The van der Waals surface area contributed by atoms with Crippen molar-refractivity contribution in [1.29, 1.82) is 0 Å². The second-order valence-corrected chi connectivity index (χ2v) is 7.60. The van der Waals surface area contributed by atoms with Crippen molar-refractivity contribution < 1.29 is 33.9 Å². The van der Waals surface area contributed by atoms with Gasteiger partial charge in [0.25, 0.3) is 0 Å². The summed E-state index contributed by atoms with van der Waals surface area (Å²) < 4.78 is 0. The van der Waals surface area contributed by atoms with Gasteiger partial charge < -0.3 is 38.3 Å². The number of hydrogen-bond acceptors (Lipinski definition) is 7. The number of amides is 5. The maximum atomic E-state index is 12.7. The van der Waals surface area contributed by atoms with Crippen molar-refractivity contribution in [3.63, 3.8) is 0 Å². The maximum absolute atomic E-state index is 12.7. The highest BCUT2D eigenvalue weighted by atomic mass is 16.4. The predicted molar refractivity (Wildman–Crippen MR) is 109 cm³/mol. The first-order valence-corrected chi connectivity index (χ1v) is 9.70. The Hall–Kier alpha value is -3.22. The molecule has 13 heteroatoms. The number of carbonyl (C=O) groups excluding carboxylic acids is 5. The lowest BCUT2D eigenvalue weighted by atomic mass is 10.0. The fraction of sp³-hybridized carbons (Fsp3) is 0.667. The zero-order chi connectivity index (χ0) is 24.3. The molecule has 0 aromatic carbocycles. The van der Waals surface area contributed by atoms with E-state index in [1.54, 1.807) is 0 Å². The molecule has 10 N–H and O–H groups in total. The molecular formula is C18H32N6O7. The van der Waals surface area contributed by atoms with Crippen LogP contribution in [0.15, 0.2) is 0 Å². The van der Waals surface area contributed by atoms with Crippen LogP contribution in [0.25, 0.3) is 0 Å². The van der Waals surface area contributed by atoms with Gasteiger partial charge in [-0.05, 0) is 25.7 Å². The van der Waals surface area contributed by atoms with E-state index >= 15 is 0 Å². The Morgan fingerprint density at radius 1 is 0.806 bits per heavy atom. The number of nitrogens with one attached hydrogen (secondary N) is 3. The van der Waals surface area contributed by atoms with E-state index < -0.39 is 66.1 Å². The lowest BCUT2D eigenvalue weighted by Crippen LogP contribution is -2.57. The number of rotatable bonds is 14. The van der Waals surface area contributed by atoms with Gasteiger partial charge in [0.15, 0.2) is 0 Å². The van der Waals surface area contributed by atoms with Crippen molar-refractivity contribution in [2.45, 2.75) is 70.6 Å². The molecule has 4 atom stereocenters. The van der Waals surface area contributed by atoms with E-state index in [0.29, 0.717) is 6.42 Å². The molecule has 4 unspecified atom stereocenters. The normalized spacial score (nSPS) is 14.6. The number of nitrogens with two attached hydrogens (primary N) is 3. The van der Waals surface area contributed by atoms with Crippen molar-refractivity contribution in [2.24, 2.45) is 23.1 Å². The third kappa shape index (κ3) is 11.5. The summed E-state index contributed by atoms with van der Waals surface area (Å²) in [5.74, 6) is -5.37. The summed E-state index contributed by atoms with van der Waals surface area (Å²) in [6.07, 6.45) is -0.707. The van der Waals surface area contributed by atoms with Gasteiger partial charge in [-0.1, -0.05) is 13.8 Å². The SMILES string of the molecule is CC(C)CC(N)C(=O)NC(CCC(N)=O)C(=O)NC(CC(N)=O)C(=O)NC(C)C(=O)O. The van der Waals surface area contributed by atoms with Crippen LogP contribution in [0, 0.1) is 5.92 Å². The van der Waals surface area contributed by atoms with E-state index in [-0.39, 0.29) is 18.8 Å².